The molecule has 3 rings (SSSR count). The van der Waals surface area contributed by atoms with E-state index < -0.39 is 12.1 Å². The maximum atomic E-state index is 13.3. The second-order valence-electron chi connectivity index (χ2n) is 4.40. The van der Waals surface area contributed by atoms with Crippen LogP contribution in [0.25, 0.3) is 0 Å². The minimum absolute atomic E-state index is 0.0253. The Morgan fingerprint density at radius 1 is 1.10 bits per heavy atom. The summed E-state index contributed by atoms with van der Waals surface area (Å²) in [5, 5.41) is 2.98. The maximum Gasteiger partial charge on any atom is 0.586 e. The first kappa shape index (κ1) is 13.9. The molecule has 0 bridgehead atoms. The van der Waals surface area contributed by atoms with Crippen molar-refractivity contribution in [3.8, 4) is 11.5 Å². The molecule has 0 aromatic heterocycles. The minimum atomic E-state index is -3.65. The zero-order valence-electron chi connectivity index (χ0n) is 10.5. The van der Waals surface area contributed by atoms with Crippen LogP contribution < -0.4 is 14.8 Å². The number of nitrogens with one attached hydrogen (secondary N) is 1. The highest BCUT2D eigenvalue weighted by molar-refractivity contribution is 6.31. The number of hydrogen-bond acceptors (Lipinski definition) is 3. The molecule has 0 saturated carbocycles. The van der Waals surface area contributed by atoms with Crippen LogP contribution in [-0.2, 0) is 6.54 Å². The van der Waals surface area contributed by atoms with Gasteiger partial charge in [-0.25, -0.2) is 4.39 Å². The Morgan fingerprint density at radius 2 is 1.86 bits per heavy atom. The molecule has 1 aliphatic rings. The molecule has 0 fully saturated rings. The van der Waals surface area contributed by atoms with Crippen LogP contribution in [0, 0.1) is 5.82 Å². The van der Waals surface area contributed by atoms with Gasteiger partial charge in [-0.15, -0.1) is 8.78 Å². The first-order chi connectivity index (χ1) is 9.94. The van der Waals surface area contributed by atoms with Crippen molar-refractivity contribution in [2.24, 2.45) is 0 Å². The van der Waals surface area contributed by atoms with E-state index in [0.29, 0.717) is 11.3 Å². The summed E-state index contributed by atoms with van der Waals surface area (Å²) in [5.74, 6) is -0.606. The third kappa shape index (κ3) is 2.85. The van der Waals surface area contributed by atoms with Crippen molar-refractivity contribution >= 4 is 17.3 Å². The van der Waals surface area contributed by atoms with Crippen molar-refractivity contribution in [1.29, 1.82) is 0 Å². The lowest BCUT2D eigenvalue weighted by molar-refractivity contribution is -0.286. The van der Waals surface area contributed by atoms with Crippen LogP contribution in [0.2, 0.25) is 5.02 Å². The average molecular weight is 316 g/mol. The largest absolute Gasteiger partial charge is 0.586 e. The lowest BCUT2D eigenvalue weighted by atomic mass is 10.2. The summed E-state index contributed by atoms with van der Waals surface area (Å²) >= 11 is 5.83. The molecule has 110 valence electrons. The van der Waals surface area contributed by atoms with Crippen LogP contribution in [0.15, 0.2) is 36.4 Å². The zero-order valence-corrected chi connectivity index (χ0v) is 11.3. The smallest absolute Gasteiger partial charge is 0.395 e. The van der Waals surface area contributed by atoms with Crippen molar-refractivity contribution in [1.82, 2.24) is 0 Å². The van der Waals surface area contributed by atoms with Gasteiger partial charge in [-0.3, -0.25) is 0 Å². The first-order valence-electron chi connectivity index (χ1n) is 6.01. The van der Waals surface area contributed by atoms with Crippen LogP contribution >= 0.6 is 11.6 Å². The molecule has 0 amide bonds. The summed E-state index contributed by atoms with van der Waals surface area (Å²) in [7, 11) is 0. The van der Waals surface area contributed by atoms with Crippen LogP contribution in [0.1, 0.15) is 5.56 Å². The Hall–Kier alpha value is -2.08. The van der Waals surface area contributed by atoms with E-state index in [4.69, 9.17) is 11.6 Å². The quantitative estimate of drug-likeness (QED) is 0.910. The van der Waals surface area contributed by atoms with Gasteiger partial charge in [-0.1, -0.05) is 23.7 Å². The van der Waals surface area contributed by atoms with Gasteiger partial charge >= 0.3 is 6.29 Å². The zero-order chi connectivity index (χ0) is 15.0. The number of halogens is 4. The fraction of sp³-hybridized carbons (Fsp3) is 0.143. The van der Waals surface area contributed by atoms with Crippen LogP contribution in [0.4, 0.5) is 18.9 Å². The van der Waals surface area contributed by atoms with Crippen molar-refractivity contribution in [3.05, 3.63) is 52.8 Å². The van der Waals surface area contributed by atoms with E-state index in [2.05, 4.69) is 14.8 Å². The molecule has 7 heteroatoms. The SMILES string of the molecule is Fc1cccc(CNc2ccc3c(c2)OC(F)(F)O3)c1Cl. The molecule has 0 spiro atoms. The van der Waals surface area contributed by atoms with Gasteiger partial charge in [-0.05, 0) is 23.8 Å². The fourth-order valence-electron chi connectivity index (χ4n) is 1.94. The summed E-state index contributed by atoms with van der Waals surface area (Å²) < 4.78 is 47.7. The van der Waals surface area contributed by atoms with E-state index >= 15 is 0 Å². The van der Waals surface area contributed by atoms with Gasteiger partial charge in [0, 0.05) is 18.3 Å². The Bertz CT molecular complexity index is 694. The third-order valence-electron chi connectivity index (χ3n) is 2.92. The summed E-state index contributed by atoms with van der Waals surface area (Å²) in [5.41, 5.74) is 1.08. The number of fused-ring (bicyclic) bond motifs is 1. The Balaban J connectivity index is 1.74. The molecule has 21 heavy (non-hydrogen) atoms. The number of anilines is 1. The highest BCUT2D eigenvalue weighted by Crippen LogP contribution is 2.42. The molecule has 2 aromatic rings. The van der Waals surface area contributed by atoms with Gasteiger partial charge in [0.15, 0.2) is 11.5 Å². The van der Waals surface area contributed by atoms with Gasteiger partial charge in [0.1, 0.15) is 5.82 Å². The van der Waals surface area contributed by atoms with Crippen molar-refractivity contribution in [2.75, 3.05) is 5.32 Å². The van der Waals surface area contributed by atoms with E-state index in [1.807, 2.05) is 0 Å². The van der Waals surface area contributed by atoms with Gasteiger partial charge in [0.05, 0.1) is 5.02 Å². The topological polar surface area (TPSA) is 30.5 Å². The second kappa shape index (κ2) is 5.04. The van der Waals surface area contributed by atoms with E-state index in [1.54, 1.807) is 18.2 Å². The molecule has 0 unspecified atom stereocenters. The highest BCUT2D eigenvalue weighted by atomic mass is 35.5. The number of benzene rings is 2. The number of ether oxygens (including phenoxy) is 2. The third-order valence-corrected chi connectivity index (χ3v) is 3.34. The Labute approximate surface area is 123 Å². The van der Waals surface area contributed by atoms with Crippen molar-refractivity contribution in [3.63, 3.8) is 0 Å². The molecule has 2 aromatic carbocycles. The van der Waals surface area contributed by atoms with Gasteiger partial charge in [0.25, 0.3) is 0 Å². The summed E-state index contributed by atoms with van der Waals surface area (Å²) in [6.07, 6.45) is -3.65. The average Bonchev–Trinajstić information content (AvgIpc) is 2.73. The molecule has 0 radical (unpaired) electrons. The summed E-state index contributed by atoms with van der Waals surface area (Å²) in [6.45, 7) is 0.243. The molecule has 1 aliphatic heterocycles. The van der Waals surface area contributed by atoms with Crippen LogP contribution in [0.5, 0.6) is 11.5 Å². The molecule has 3 nitrogen and oxygen atoms in total. The number of hydrogen-bond donors (Lipinski definition) is 1. The standard InChI is InChI=1S/C14H9ClF3NO2/c15-13-8(2-1-3-10(13)16)7-19-9-4-5-11-12(6-9)21-14(17,18)20-11/h1-6,19H,7H2. The van der Waals surface area contributed by atoms with Gasteiger partial charge in [-0.2, -0.15) is 0 Å². The molecule has 1 N–H and O–H groups in total. The monoisotopic (exact) mass is 315 g/mol. The predicted molar refractivity (Wildman–Crippen MR) is 71.4 cm³/mol. The van der Waals surface area contributed by atoms with Gasteiger partial charge in [0.2, 0.25) is 0 Å². The molecular formula is C14H9ClF3NO2. The van der Waals surface area contributed by atoms with Crippen LogP contribution in [0.3, 0.4) is 0 Å². The van der Waals surface area contributed by atoms with Crippen LogP contribution in [-0.4, -0.2) is 6.29 Å². The summed E-state index contributed by atoms with van der Waals surface area (Å²) in [4.78, 5) is 0. The number of alkyl halides is 2. The molecule has 1 heterocycles. The first-order valence-corrected chi connectivity index (χ1v) is 6.39. The highest BCUT2D eigenvalue weighted by Gasteiger charge is 2.43. The molecule has 0 aliphatic carbocycles. The van der Waals surface area contributed by atoms with E-state index in [9.17, 15) is 13.2 Å². The predicted octanol–water partition coefficient (Wildman–Crippen LogP) is 4.41. The van der Waals surface area contributed by atoms with Crippen molar-refractivity contribution < 1.29 is 22.6 Å². The molecule has 0 atom stereocenters. The second-order valence-corrected chi connectivity index (χ2v) is 4.77. The van der Waals surface area contributed by atoms with E-state index in [0.717, 1.165) is 0 Å². The van der Waals surface area contributed by atoms with Crippen molar-refractivity contribution in [2.45, 2.75) is 12.8 Å². The summed E-state index contributed by atoms with van der Waals surface area (Å²) in [6, 6.07) is 8.76. The van der Waals surface area contributed by atoms with E-state index in [1.165, 1.54) is 18.2 Å². The maximum absolute atomic E-state index is 13.3. The molecule has 0 saturated heterocycles. The molecular weight excluding hydrogens is 307 g/mol. The lowest BCUT2D eigenvalue weighted by Crippen LogP contribution is -2.25. The van der Waals surface area contributed by atoms with E-state index in [-0.39, 0.29) is 23.1 Å². The fourth-order valence-corrected chi connectivity index (χ4v) is 2.13. The normalized spacial score (nSPS) is 15.0. The lowest BCUT2D eigenvalue weighted by Gasteiger charge is -2.09. The van der Waals surface area contributed by atoms with Gasteiger partial charge < -0.3 is 14.8 Å². The minimum Gasteiger partial charge on any atom is -0.395 e. The Kier molecular flexibility index (Phi) is 3.33. The number of rotatable bonds is 3. The Morgan fingerprint density at radius 3 is 2.67 bits per heavy atom.